The minimum Gasteiger partial charge on any atom is -0.314 e. The highest BCUT2D eigenvalue weighted by molar-refractivity contribution is 5.23. The number of rotatable bonds is 7. The van der Waals surface area contributed by atoms with Crippen molar-refractivity contribution < 1.29 is 0 Å². The third kappa shape index (κ3) is 4.49. The van der Waals surface area contributed by atoms with Crippen molar-refractivity contribution in [1.82, 2.24) is 5.32 Å². The van der Waals surface area contributed by atoms with Crippen LogP contribution in [0.4, 0.5) is 0 Å². The summed E-state index contributed by atoms with van der Waals surface area (Å²) in [6.45, 7) is 8.13. The normalized spacial score (nSPS) is 17.1. The van der Waals surface area contributed by atoms with E-state index in [1.165, 1.54) is 37.7 Å². The Balaban J connectivity index is 1.77. The molecule has 0 heterocycles. The van der Waals surface area contributed by atoms with E-state index in [1.54, 1.807) is 5.57 Å². The molecule has 0 aromatic heterocycles. The fourth-order valence-corrected chi connectivity index (χ4v) is 3.29. The van der Waals surface area contributed by atoms with Gasteiger partial charge in [-0.25, -0.2) is 0 Å². The molecule has 0 fully saturated rings. The van der Waals surface area contributed by atoms with E-state index < -0.39 is 0 Å². The maximum absolute atomic E-state index is 3.69. The third-order valence-electron chi connectivity index (χ3n) is 4.45. The SMILES string of the molecule is CC(CC(C)(C)c1ccccc1)NCCC1=CCCC1. The molecule has 0 saturated carbocycles. The highest BCUT2D eigenvalue weighted by atomic mass is 14.9. The van der Waals surface area contributed by atoms with Crippen molar-refractivity contribution in [2.45, 2.75) is 64.3 Å². The topological polar surface area (TPSA) is 12.0 Å². The average molecular weight is 271 g/mol. The second kappa shape index (κ2) is 7.08. The summed E-state index contributed by atoms with van der Waals surface area (Å²) in [5, 5.41) is 3.69. The molecule has 0 bridgehead atoms. The van der Waals surface area contributed by atoms with E-state index >= 15 is 0 Å². The second-order valence-electron chi connectivity index (χ2n) is 6.81. The first-order valence-corrected chi connectivity index (χ1v) is 8.05. The Morgan fingerprint density at radius 2 is 1.95 bits per heavy atom. The van der Waals surface area contributed by atoms with Gasteiger partial charge in [0.2, 0.25) is 0 Å². The zero-order valence-electron chi connectivity index (χ0n) is 13.3. The van der Waals surface area contributed by atoms with Crippen LogP contribution in [0.1, 0.15) is 58.4 Å². The summed E-state index contributed by atoms with van der Waals surface area (Å²) in [5.41, 5.74) is 3.33. The highest BCUT2D eigenvalue weighted by Crippen LogP contribution is 2.28. The lowest BCUT2D eigenvalue weighted by Crippen LogP contribution is -2.33. The fraction of sp³-hybridized carbons (Fsp3) is 0.579. The lowest BCUT2D eigenvalue weighted by Gasteiger charge is -2.29. The molecule has 1 heteroatoms. The van der Waals surface area contributed by atoms with Gasteiger partial charge >= 0.3 is 0 Å². The summed E-state index contributed by atoms with van der Waals surface area (Å²) in [5.74, 6) is 0. The van der Waals surface area contributed by atoms with E-state index in [1.807, 2.05) is 0 Å². The number of hydrogen-bond donors (Lipinski definition) is 1. The fourth-order valence-electron chi connectivity index (χ4n) is 3.29. The van der Waals surface area contributed by atoms with Crippen LogP contribution in [0.2, 0.25) is 0 Å². The molecule has 1 unspecified atom stereocenters. The van der Waals surface area contributed by atoms with Gasteiger partial charge in [-0.05, 0) is 56.6 Å². The first-order chi connectivity index (χ1) is 9.58. The number of hydrogen-bond acceptors (Lipinski definition) is 1. The maximum Gasteiger partial charge on any atom is 0.00471 e. The van der Waals surface area contributed by atoms with Gasteiger partial charge in [-0.2, -0.15) is 0 Å². The van der Waals surface area contributed by atoms with Crippen LogP contribution in [0.15, 0.2) is 42.0 Å². The monoisotopic (exact) mass is 271 g/mol. The molecule has 1 aromatic carbocycles. The van der Waals surface area contributed by atoms with Crippen LogP contribution >= 0.6 is 0 Å². The Morgan fingerprint density at radius 1 is 1.20 bits per heavy atom. The van der Waals surface area contributed by atoms with E-state index in [4.69, 9.17) is 0 Å². The minimum absolute atomic E-state index is 0.236. The maximum atomic E-state index is 3.69. The van der Waals surface area contributed by atoms with Gasteiger partial charge in [0.25, 0.3) is 0 Å². The van der Waals surface area contributed by atoms with Crippen LogP contribution in [0.5, 0.6) is 0 Å². The van der Waals surface area contributed by atoms with Gasteiger partial charge in [0, 0.05) is 6.04 Å². The van der Waals surface area contributed by atoms with Gasteiger partial charge in [-0.3, -0.25) is 0 Å². The van der Waals surface area contributed by atoms with Crippen LogP contribution in [0.3, 0.4) is 0 Å². The summed E-state index contributed by atoms with van der Waals surface area (Å²) < 4.78 is 0. The van der Waals surface area contributed by atoms with E-state index in [0.29, 0.717) is 6.04 Å². The molecule has 1 atom stereocenters. The van der Waals surface area contributed by atoms with Crippen LogP contribution in [-0.2, 0) is 5.41 Å². The van der Waals surface area contributed by atoms with Crippen molar-refractivity contribution in [2.75, 3.05) is 6.54 Å². The van der Waals surface area contributed by atoms with Gasteiger partial charge in [0.15, 0.2) is 0 Å². The molecular formula is C19H29N. The lowest BCUT2D eigenvalue weighted by molar-refractivity contribution is 0.390. The molecule has 0 amide bonds. The second-order valence-corrected chi connectivity index (χ2v) is 6.81. The van der Waals surface area contributed by atoms with E-state index in [0.717, 1.165) is 6.54 Å². The van der Waals surface area contributed by atoms with Crippen molar-refractivity contribution in [2.24, 2.45) is 0 Å². The number of benzene rings is 1. The molecule has 0 saturated heterocycles. The molecule has 0 aliphatic heterocycles. The Labute approximate surface area is 124 Å². The minimum atomic E-state index is 0.236. The zero-order chi connectivity index (χ0) is 14.4. The van der Waals surface area contributed by atoms with Crippen LogP contribution in [0.25, 0.3) is 0 Å². The summed E-state index contributed by atoms with van der Waals surface area (Å²) in [6, 6.07) is 11.4. The number of allylic oxidation sites excluding steroid dienone is 1. The summed E-state index contributed by atoms with van der Waals surface area (Å²) >= 11 is 0. The van der Waals surface area contributed by atoms with Gasteiger partial charge in [-0.15, -0.1) is 0 Å². The molecule has 1 nitrogen and oxygen atoms in total. The highest BCUT2D eigenvalue weighted by Gasteiger charge is 2.22. The average Bonchev–Trinajstić information content (AvgIpc) is 2.92. The van der Waals surface area contributed by atoms with E-state index in [-0.39, 0.29) is 5.41 Å². The smallest absolute Gasteiger partial charge is 0.00471 e. The molecule has 0 spiro atoms. The Morgan fingerprint density at radius 3 is 2.60 bits per heavy atom. The van der Waals surface area contributed by atoms with Crippen molar-refractivity contribution in [3.8, 4) is 0 Å². The molecule has 20 heavy (non-hydrogen) atoms. The summed E-state index contributed by atoms with van der Waals surface area (Å²) in [6.07, 6.45) is 8.83. The van der Waals surface area contributed by atoms with Gasteiger partial charge < -0.3 is 5.32 Å². The van der Waals surface area contributed by atoms with Crippen molar-refractivity contribution >= 4 is 0 Å². The summed E-state index contributed by atoms with van der Waals surface area (Å²) in [4.78, 5) is 0. The van der Waals surface area contributed by atoms with Crippen LogP contribution in [-0.4, -0.2) is 12.6 Å². The molecular weight excluding hydrogens is 242 g/mol. The van der Waals surface area contributed by atoms with Gasteiger partial charge in [0.1, 0.15) is 0 Å². The molecule has 0 radical (unpaired) electrons. The molecule has 2 rings (SSSR count). The Hall–Kier alpha value is -1.08. The first kappa shape index (κ1) is 15.3. The van der Waals surface area contributed by atoms with E-state index in [2.05, 4.69) is 62.5 Å². The molecule has 1 aromatic rings. The zero-order valence-corrected chi connectivity index (χ0v) is 13.3. The Kier molecular flexibility index (Phi) is 5.42. The van der Waals surface area contributed by atoms with Crippen molar-refractivity contribution in [3.63, 3.8) is 0 Å². The predicted octanol–water partition coefficient (Wildman–Crippen LogP) is 4.83. The van der Waals surface area contributed by atoms with Crippen molar-refractivity contribution in [1.29, 1.82) is 0 Å². The molecule has 1 N–H and O–H groups in total. The van der Waals surface area contributed by atoms with Crippen LogP contribution in [0, 0.1) is 0 Å². The molecule has 1 aliphatic rings. The van der Waals surface area contributed by atoms with Gasteiger partial charge in [-0.1, -0.05) is 55.8 Å². The van der Waals surface area contributed by atoms with Gasteiger partial charge in [0.05, 0.1) is 0 Å². The van der Waals surface area contributed by atoms with Crippen molar-refractivity contribution in [3.05, 3.63) is 47.5 Å². The first-order valence-electron chi connectivity index (χ1n) is 8.05. The Bertz CT molecular complexity index is 430. The van der Waals surface area contributed by atoms with E-state index in [9.17, 15) is 0 Å². The summed E-state index contributed by atoms with van der Waals surface area (Å²) in [7, 11) is 0. The largest absolute Gasteiger partial charge is 0.314 e. The standard InChI is InChI=1S/C19H29N/c1-16(20-14-13-17-9-7-8-10-17)15-19(2,3)18-11-5-4-6-12-18/h4-6,9,11-12,16,20H,7-8,10,13-15H2,1-3H3. The molecule has 110 valence electrons. The third-order valence-corrected chi connectivity index (χ3v) is 4.45. The predicted molar refractivity (Wildman–Crippen MR) is 88.1 cm³/mol. The number of nitrogens with one attached hydrogen (secondary N) is 1. The quantitative estimate of drug-likeness (QED) is 0.700. The lowest BCUT2D eigenvalue weighted by atomic mass is 9.79. The van der Waals surface area contributed by atoms with Crippen LogP contribution < -0.4 is 5.32 Å². The molecule has 1 aliphatic carbocycles.